The minimum atomic E-state index is -4.49. The van der Waals surface area contributed by atoms with Crippen molar-refractivity contribution in [1.82, 2.24) is 0 Å². The van der Waals surface area contributed by atoms with Crippen LogP contribution in [0.2, 0.25) is 0 Å². The summed E-state index contributed by atoms with van der Waals surface area (Å²) in [5, 5.41) is 2.80. The van der Waals surface area contributed by atoms with Crippen molar-refractivity contribution in [3.8, 4) is 0 Å². The van der Waals surface area contributed by atoms with Crippen molar-refractivity contribution in [2.75, 3.05) is 5.32 Å². The Bertz CT molecular complexity index is 682. The predicted octanol–water partition coefficient (Wildman–Crippen LogP) is 4.24. The van der Waals surface area contributed by atoms with E-state index in [-0.39, 0.29) is 5.56 Å². The summed E-state index contributed by atoms with van der Waals surface area (Å²) in [6.45, 7) is 4.13. The number of benzene rings is 2. The highest BCUT2D eigenvalue weighted by molar-refractivity contribution is 7.52. The molecule has 0 amide bonds. The van der Waals surface area contributed by atoms with Crippen molar-refractivity contribution in [2.24, 2.45) is 0 Å². The standard InChI is InChI=1S/C16H19FNO3P/c1-11(2)12-6-8-15(9-7-12)18-16(22(19,20)21)13-4-3-5-14(17)10-13/h3-11,16,18H,1-2H3,(H2,19,20,21)/t16-/m1/s1. The molecule has 0 bridgehead atoms. The average Bonchev–Trinajstić information content (AvgIpc) is 2.44. The Morgan fingerprint density at radius 3 is 2.18 bits per heavy atom. The molecule has 0 aliphatic rings. The zero-order valence-electron chi connectivity index (χ0n) is 12.4. The van der Waals surface area contributed by atoms with Crippen LogP contribution in [-0.4, -0.2) is 9.79 Å². The van der Waals surface area contributed by atoms with Crippen molar-refractivity contribution in [1.29, 1.82) is 0 Å². The van der Waals surface area contributed by atoms with E-state index in [9.17, 15) is 18.7 Å². The van der Waals surface area contributed by atoms with Crippen LogP contribution in [0.15, 0.2) is 48.5 Å². The topological polar surface area (TPSA) is 69.6 Å². The normalized spacial score (nSPS) is 13.2. The number of rotatable bonds is 5. The van der Waals surface area contributed by atoms with E-state index in [1.54, 1.807) is 12.1 Å². The second-order valence-corrected chi connectivity index (χ2v) is 7.16. The number of anilines is 1. The van der Waals surface area contributed by atoms with Crippen molar-refractivity contribution >= 4 is 13.3 Å². The zero-order chi connectivity index (χ0) is 16.3. The van der Waals surface area contributed by atoms with Gasteiger partial charge in [0, 0.05) is 5.69 Å². The van der Waals surface area contributed by atoms with Gasteiger partial charge in [-0.15, -0.1) is 0 Å². The van der Waals surface area contributed by atoms with Gasteiger partial charge in [0.25, 0.3) is 0 Å². The summed E-state index contributed by atoms with van der Waals surface area (Å²) < 4.78 is 25.0. The van der Waals surface area contributed by atoms with Gasteiger partial charge in [0.2, 0.25) is 0 Å². The van der Waals surface area contributed by atoms with Crippen LogP contribution in [0.1, 0.15) is 36.7 Å². The van der Waals surface area contributed by atoms with E-state index < -0.39 is 19.2 Å². The third-order valence-corrected chi connectivity index (χ3v) is 4.48. The van der Waals surface area contributed by atoms with Gasteiger partial charge in [-0.05, 0) is 41.3 Å². The van der Waals surface area contributed by atoms with Crippen LogP contribution < -0.4 is 5.32 Å². The summed E-state index contributed by atoms with van der Waals surface area (Å²) in [6, 6.07) is 12.6. The van der Waals surface area contributed by atoms with Crippen LogP contribution >= 0.6 is 7.60 Å². The highest BCUT2D eigenvalue weighted by atomic mass is 31.2. The molecular weight excluding hydrogens is 304 g/mol. The van der Waals surface area contributed by atoms with Crippen molar-refractivity contribution in [2.45, 2.75) is 25.5 Å². The predicted molar refractivity (Wildman–Crippen MR) is 85.3 cm³/mol. The Morgan fingerprint density at radius 2 is 1.68 bits per heavy atom. The maximum absolute atomic E-state index is 13.3. The lowest BCUT2D eigenvalue weighted by molar-refractivity contribution is 0.363. The Hall–Kier alpha value is -1.68. The molecule has 0 heterocycles. The molecule has 118 valence electrons. The fourth-order valence-electron chi connectivity index (χ4n) is 2.16. The molecule has 4 nitrogen and oxygen atoms in total. The lowest BCUT2D eigenvalue weighted by Crippen LogP contribution is -2.11. The van der Waals surface area contributed by atoms with Crippen LogP contribution in [0.5, 0.6) is 0 Å². The van der Waals surface area contributed by atoms with E-state index in [2.05, 4.69) is 19.2 Å². The molecule has 0 unspecified atom stereocenters. The number of halogens is 1. The molecule has 0 saturated carbocycles. The fourth-order valence-corrected chi connectivity index (χ4v) is 3.03. The molecule has 22 heavy (non-hydrogen) atoms. The van der Waals surface area contributed by atoms with Gasteiger partial charge in [-0.3, -0.25) is 4.57 Å². The van der Waals surface area contributed by atoms with E-state index in [1.807, 2.05) is 12.1 Å². The van der Waals surface area contributed by atoms with Gasteiger partial charge >= 0.3 is 7.60 Å². The number of hydrogen-bond donors (Lipinski definition) is 3. The van der Waals surface area contributed by atoms with E-state index in [4.69, 9.17) is 0 Å². The molecule has 0 fully saturated rings. The summed E-state index contributed by atoms with van der Waals surface area (Å²) in [7, 11) is -4.49. The van der Waals surface area contributed by atoms with E-state index in [0.717, 1.165) is 11.6 Å². The lowest BCUT2D eigenvalue weighted by atomic mass is 10.0. The number of nitrogens with one attached hydrogen (secondary N) is 1. The van der Waals surface area contributed by atoms with Crippen molar-refractivity contribution in [3.05, 3.63) is 65.5 Å². The van der Waals surface area contributed by atoms with Gasteiger partial charge in [0.15, 0.2) is 5.78 Å². The van der Waals surface area contributed by atoms with Crippen molar-refractivity contribution in [3.63, 3.8) is 0 Å². The second kappa shape index (κ2) is 6.61. The Balaban J connectivity index is 2.30. The molecule has 2 aromatic rings. The highest BCUT2D eigenvalue weighted by Crippen LogP contribution is 2.51. The summed E-state index contributed by atoms with van der Waals surface area (Å²) >= 11 is 0. The molecule has 0 radical (unpaired) electrons. The first-order valence-corrected chi connectivity index (χ1v) is 8.62. The minimum Gasteiger partial charge on any atom is -0.368 e. The quantitative estimate of drug-likeness (QED) is 0.720. The van der Waals surface area contributed by atoms with Crippen LogP contribution in [0, 0.1) is 5.82 Å². The second-order valence-electron chi connectivity index (χ2n) is 5.47. The maximum atomic E-state index is 13.3. The van der Waals surface area contributed by atoms with Crippen molar-refractivity contribution < 1.29 is 18.7 Å². The molecule has 0 aromatic heterocycles. The zero-order valence-corrected chi connectivity index (χ0v) is 13.3. The summed E-state index contributed by atoms with van der Waals surface area (Å²) in [5.74, 6) is -1.45. The maximum Gasteiger partial charge on any atom is 0.352 e. The monoisotopic (exact) mass is 323 g/mol. The fraction of sp³-hybridized carbons (Fsp3) is 0.250. The molecular formula is C16H19FNO3P. The van der Waals surface area contributed by atoms with Crippen LogP contribution in [0.4, 0.5) is 10.1 Å². The van der Waals surface area contributed by atoms with Gasteiger partial charge < -0.3 is 15.1 Å². The van der Waals surface area contributed by atoms with Gasteiger partial charge in [-0.2, -0.15) is 0 Å². The minimum absolute atomic E-state index is 0.210. The van der Waals surface area contributed by atoms with Crippen LogP contribution in [0.25, 0.3) is 0 Å². The molecule has 6 heteroatoms. The lowest BCUT2D eigenvalue weighted by Gasteiger charge is -2.22. The summed E-state index contributed by atoms with van der Waals surface area (Å²) in [5.41, 5.74) is 1.91. The van der Waals surface area contributed by atoms with Gasteiger partial charge in [0.1, 0.15) is 5.82 Å². The SMILES string of the molecule is CC(C)c1ccc(N[C@@H](c2cccc(F)c2)P(=O)(O)O)cc1. The largest absolute Gasteiger partial charge is 0.368 e. The first-order chi connectivity index (χ1) is 10.3. The first kappa shape index (κ1) is 16.7. The first-order valence-electron chi connectivity index (χ1n) is 6.94. The molecule has 1 atom stereocenters. The third-order valence-electron chi connectivity index (χ3n) is 3.38. The molecule has 2 aromatic carbocycles. The Labute approximate surface area is 129 Å². The molecule has 3 N–H and O–H groups in total. The summed E-state index contributed by atoms with van der Waals surface area (Å²) in [4.78, 5) is 19.1. The molecule has 0 saturated heterocycles. The van der Waals surface area contributed by atoms with Crippen LogP contribution in [0.3, 0.4) is 0 Å². The summed E-state index contributed by atoms with van der Waals surface area (Å²) in [6.07, 6.45) is 0. The third kappa shape index (κ3) is 4.17. The molecule has 0 aliphatic carbocycles. The van der Waals surface area contributed by atoms with E-state index in [0.29, 0.717) is 11.6 Å². The Kier molecular flexibility index (Phi) is 5.01. The smallest absolute Gasteiger partial charge is 0.352 e. The van der Waals surface area contributed by atoms with Gasteiger partial charge in [0.05, 0.1) is 0 Å². The van der Waals surface area contributed by atoms with E-state index >= 15 is 0 Å². The molecule has 0 spiro atoms. The molecule has 0 aliphatic heterocycles. The number of hydrogen-bond acceptors (Lipinski definition) is 2. The Morgan fingerprint density at radius 1 is 1.05 bits per heavy atom. The highest BCUT2D eigenvalue weighted by Gasteiger charge is 2.30. The van der Waals surface area contributed by atoms with Gasteiger partial charge in [-0.25, -0.2) is 4.39 Å². The van der Waals surface area contributed by atoms with E-state index in [1.165, 1.54) is 18.2 Å². The molecule has 2 rings (SSSR count). The average molecular weight is 323 g/mol. The van der Waals surface area contributed by atoms with Gasteiger partial charge in [-0.1, -0.05) is 38.1 Å². The van der Waals surface area contributed by atoms with Crippen LogP contribution in [-0.2, 0) is 4.57 Å².